The Labute approximate surface area is 181 Å². The molecule has 3 rings (SSSR count). The summed E-state index contributed by atoms with van der Waals surface area (Å²) < 4.78 is 43.9. The zero-order valence-corrected chi connectivity index (χ0v) is 17.6. The summed E-state index contributed by atoms with van der Waals surface area (Å²) in [4.78, 5) is 14.6. The van der Waals surface area contributed by atoms with Crippen LogP contribution in [0.25, 0.3) is 0 Å². The molecule has 29 heavy (non-hydrogen) atoms. The van der Waals surface area contributed by atoms with Gasteiger partial charge in [-0.1, -0.05) is 12.1 Å². The van der Waals surface area contributed by atoms with Crippen LogP contribution < -0.4 is 11.1 Å². The van der Waals surface area contributed by atoms with E-state index in [1.807, 2.05) is 0 Å². The van der Waals surface area contributed by atoms with Crippen molar-refractivity contribution >= 4 is 30.7 Å². The van der Waals surface area contributed by atoms with Crippen LogP contribution in [0.5, 0.6) is 0 Å². The molecule has 1 aliphatic heterocycles. The lowest BCUT2D eigenvalue weighted by Crippen LogP contribution is -2.44. The van der Waals surface area contributed by atoms with Crippen molar-refractivity contribution in [3.05, 3.63) is 35.4 Å². The minimum absolute atomic E-state index is 0. The molecule has 1 aromatic rings. The first-order chi connectivity index (χ1) is 12.8. The van der Waals surface area contributed by atoms with Crippen LogP contribution in [-0.4, -0.2) is 49.7 Å². The fourth-order valence-electron chi connectivity index (χ4n) is 3.84. The van der Waals surface area contributed by atoms with Gasteiger partial charge in [-0.25, -0.2) is 0 Å². The molecule has 2 fully saturated rings. The molecule has 0 aromatic heterocycles. The van der Waals surface area contributed by atoms with Gasteiger partial charge in [0.2, 0.25) is 5.91 Å². The molecule has 1 aliphatic carbocycles. The van der Waals surface area contributed by atoms with Crippen molar-refractivity contribution in [2.45, 2.75) is 37.5 Å². The first-order valence-corrected chi connectivity index (χ1v) is 9.37. The molecule has 3 N–H and O–H groups in total. The first-order valence-electron chi connectivity index (χ1n) is 9.37. The van der Waals surface area contributed by atoms with E-state index in [-0.39, 0.29) is 48.7 Å². The summed E-state index contributed by atoms with van der Waals surface area (Å²) in [7, 11) is 0. The summed E-state index contributed by atoms with van der Waals surface area (Å²) in [5.41, 5.74) is 5.97. The van der Waals surface area contributed by atoms with Gasteiger partial charge in [-0.2, -0.15) is 13.2 Å². The maximum absolute atomic E-state index is 12.8. The van der Waals surface area contributed by atoms with Crippen molar-refractivity contribution < 1.29 is 22.7 Å². The van der Waals surface area contributed by atoms with Gasteiger partial charge in [0, 0.05) is 31.6 Å². The highest BCUT2D eigenvalue weighted by Gasteiger charge is 2.32. The predicted molar refractivity (Wildman–Crippen MR) is 109 cm³/mol. The SMILES string of the molecule is Cl.Cl.NC1CCC(C(=O)NCC(c2ccc(C(F)(F)F)cc2)N2CCOCC2)C1. The van der Waals surface area contributed by atoms with Gasteiger partial charge < -0.3 is 15.8 Å². The molecule has 1 saturated heterocycles. The van der Waals surface area contributed by atoms with Crippen molar-refractivity contribution in [1.29, 1.82) is 0 Å². The van der Waals surface area contributed by atoms with Crippen LogP contribution >= 0.6 is 24.8 Å². The number of carbonyl (C=O) groups excluding carboxylic acids is 1. The number of morpholine rings is 1. The second-order valence-electron chi connectivity index (χ2n) is 7.30. The fourth-order valence-corrected chi connectivity index (χ4v) is 3.84. The van der Waals surface area contributed by atoms with Gasteiger partial charge in [0.25, 0.3) is 0 Å². The molecular formula is C19H28Cl2F3N3O2. The van der Waals surface area contributed by atoms with Crippen molar-refractivity contribution in [2.24, 2.45) is 11.7 Å². The minimum Gasteiger partial charge on any atom is -0.379 e. The molecule has 1 aromatic carbocycles. The van der Waals surface area contributed by atoms with Crippen molar-refractivity contribution in [3.8, 4) is 0 Å². The molecule has 10 heteroatoms. The number of benzene rings is 1. The Kier molecular flexibility index (Phi) is 10.2. The van der Waals surface area contributed by atoms with Crippen molar-refractivity contribution in [2.75, 3.05) is 32.8 Å². The molecule has 1 amide bonds. The van der Waals surface area contributed by atoms with Crippen LogP contribution in [0.1, 0.15) is 36.4 Å². The van der Waals surface area contributed by atoms with E-state index in [1.54, 1.807) is 0 Å². The van der Waals surface area contributed by atoms with E-state index in [0.29, 0.717) is 39.3 Å². The first kappa shape index (κ1) is 26.0. The molecule has 0 bridgehead atoms. The maximum Gasteiger partial charge on any atom is 0.416 e. The Morgan fingerprint density at radius 2 is 1.79 bits per heavy atom. The van der Waals surface area contributed by atoms with E-state index >= 15 is 0 Å². The zero-order chi connectivity index (χ0) is 19.4. The smallest absolute Gasteiger partial charge is 0.379 e. The van der Waals surface area contributed by atoms with E-state index in [1.165, 1.54) is 12.1 Å². The highest BCUT2D eigenvalue weighted by Crippen LogP contribution is 2.31. The Hall–Kier alpha value is -1.06. The van der Waals surface area contributed by atoms with Crippen LogP contribution in [0.2, 0.25) is 0 Å². The molecule has 1 saturated carbocycles. The van der Waals surface area contributed by atoms with Gasteiger partial charge in [-0.15, -0.1) is 24.8 Å². The molecule has 1 heterocycles. The second kappa shape index (κ2) is 11.4. The Bertz CT molecular complexity index is 641. The third-order valence-electron chi connectivity index (χ3n) is 5.42. The Morgan fingerprint density at radius 1 is 1.17 bits per heavy atom. The van der Waals surface area contributed by atoms with E-state index in [0.717, 1.165) is 30.5 Å². The van der Waals surface area contributed by atoms with Crippen molar-refractivity contribution in [3.63, 3.8) is 0 Å². The number of carbonyl (C=O) groups is 1. The summed E-state index contributed by atoms with van der Waals surface area (Å²) in [5, 5.41) is 2.99. The number of rotatable bonds is 5. The Balaban J connectivity index is 0.00000210. The number of nitrogens with zero attached hydrogens (tertiary/aromatic N) is 1. The number of nitrogens with two attached hydrogens (primary N) is 1. The normalized spacial score (nSPS) is 23.6. The number of nitrogens with one attached hydrogen (secondary N) is 1. The van der Waals surface area contributed by atoms with Gasteiger partial charge in [0.1, 0.15) is 0 Å². The topological polar surface area (TPSA) is 67.6 Å². The molecule has 3 atom stereocenters. The minimum atomic E-state index is -4.36. The van der Waals surface area contributed by atoms with E-state index < -0.39 is 11.7 Å². The average molecular weight is 458 g/mol. The monoisotopic (exact) mass is 457 g/mol. The van der Waals surface area contributed by atoms with Gasteiger partial charge in [0.05, 0.1) is 24.8 Å². The second-order valence-corrected chi connectivity index (χ2v) is 7.30. The summed E-state index contributed by atoms with van der Waals surface area (Å²) in [5.74, 6) is -0.0916. The van der Waals surface area contributed by atoms with Gasteiger partial charge in [-0.3, -0.25) is 9.69 Å². The number of amides is 1. The van der Waals surface area contributed by atoms with Crippen LogP contribution in [0.15, 0.2) is 24.3 Å². The lowest BCUT2D eigenvalue weighted by Gasteiger charge is -2.35. The van der Waals surface area contributed by atoms with Gasteiger partial charge in [0.15, 0.2) is 0 Å². The van der Waals surface area contributed by atoms with Crippen LogP contribution in [0, 0.1) is 5.92 Å². The highest BCUT2D eigenvalue weighted by atomic mass is 35.5. The number of alkyl halides is 3. The lowest BCUT2D eigenvalue weighted by atomic mass is 10.0. The third kappa shape index (κ3) is 7.00. The third-order valence-corrected chi connectivity index (χ3v) is 5.42. The fraction of sp³-hybridized carbons (Fsp3) is 0.632. The highest BCUT2D eigenvalue weighted by molar-refractivity contribution is 5.85. The Morgan fingerprint density at radius 3 is 2.31 bits per heavy atom. The van der Waals surface area contributed by atoms with E-state index in [9.17, 15) is 18.0 Å². The quantitative estimate of drug-likeness (QED) is 0.712. The van der Waals surface area contributed by atoms with Crippen LogP contribution in [0.4, 0.5) is 13.2 Å². The molecular weight excluding hydrogens is 430 g/mol. The summed E-state index contributed by atoms with van der Waals surface area (Å²) in [6.07, 6.45) is -2.03. The molecule has 2 aliphatic rings. The van der Waals surface area contributed by atoms with Gasteiger partial charge in [-0.05, 0) is 37.0 Å². The van der Waals surface area contributed by atoms with Crippen LogP contribution in [0.3, 0.4) is 0 Å². The predicted octanol–water partition coefficient (Wildman–Crippen LogP) is 3.17. The largest absolute Gasteiger partial charge is 0.416 e. The molecule has 3 unspecified atom stereocenters. The van der Waals surface area contributed by atoms with E-state index in [4.69, 9.17) is 10.5 Å². The molecule has 5 nitrogen and oxygen atoms in total. The number of hydrogen-bond donors (Lipinski definition) is 2. The van der Waals surface area contributed by atoms with E-state index in [2.05, 4.69) is 10.2 Å². The number of ether oxygens (including phenoxy) is 1. The zero-order valence-electron chi connectivity index (χ0n) is 16.0. The summed E-state index contributed by atoms with van der Waals surface area (Å²) in [6, 6.07) is 5.09. The lowest BCUT2D eigenvalue weighted by molar-refractivity contribution is -0.137. The molecule has 166 valence electrons. The van der Waals surface area contributed by atoms with Crippen LogP contribution in [-0.2, 0) is 15.7 Å². The molecule has 0 radical (unpaired) electrons. The summed E-state index contributed by atoms with van der Waals surface area (Å²) in [6.45, 7) is 2.85. The van der Waals surface area contributed by atoms with Gasteiger partial charge >= 0.3 is 6.18 Å². The number of halogens is 5. The summed E-state index contributed by atoms with van der Waals surface area (Å²) >= 11 is 0. The standard InChI is InChI=1S/C19H26F3N3O2.2ClH/c20-19(21,22)15-4-1-13(2-5-15)17(25-7-9-27-10-8-25)12-24-18(26)14-3-6-16(23)11-14;;/h1-2,4-5,14,16-17H,3,6-12,23H2,(H,24,26);2*1H. The number of hydrogen-bond acceptors (Lipinski definition) is 4. The maximum atomic E-state index is 12.8. The molecule has 0 spiro atoms. The average Bonchev–Trinajstić information content (AvgIpc) is 3.09. The van der Waals surface area contributed by atoms with Crippen molar-refractivity contribution in [1.82, 2.24) is 10.2 Å².